The Morgan fingerprint density at radius 1 is 1.11 bits per heavy atom. The summed E-state index contributed by atoms with van der Waals surface area (Å²) in [4.78, 5) is 4.62. The van der Waals surface area contributed by atoms with Crippen molar-refractivity contribution < 1.29 is 18.6 Å². The lowest BCUT2D eigenvalue weighted by Crippen LogP contribution is -2.20. The molecule has 4 aromatic rings. The summed E-state index contributed by atoms with van der Waals surface area (Å²) in [5.41, 5.74) is 5.88. The maximum atomic E-state index is 15.1. The van der Waals surface area contributed by atoms with E-state index in [0.29, 0.717) is 29.8 Å². The zero-order valence-electron chi connectivity index (χ0n) is 23.1. The Morgan fingerprint density at radius 2 is 1.84 bits per heavy atom. The van der Waals surface area contributed by atoms with Gasteiger partial charge in [0, 0.05) is 47.9 Å². The van der Waals surface area contributed by atoms with Crippen LogP contribution in [0, 0.1) is 30.9 Å². The molecule has 38 heavy (non-hydrogen) atoms. The van der Waals surface area contributed by atoms with Crippen molar-refractivity contribution in [2.24, 2.45) is 12.5 Å². The molecule has 1 atom stereocenters. The van der Waals surface area contributed by atoms with E-state index in [1.807, 2.05) is 73.0 Å². The number of ether oxygens (including phenoxy) is 1. The van der Waals surface area contributed by atoms with Crippen molar-refractivity contribution in [1.82, 2.24) is 20.1 Å². The molecule has 1 unspecified atom stereocenters. The van der Waals surface area contributed by atoms with Gasteiger partial charge in [-0.3, -0.25) is 9.67 Å². The van der Waals surface area contributed by atoms with E-state index in [9.17, 15) is 9.50 Å². The highest BCUT2D eigenvalue weighted by Gasteiger charge is 2.30. The summed E-state index contributed by atoms with van der Waals surface area (Å²) in [6, 6.07) is 10.4. The monoisotopic (exact) mass is 522 g/mol. The summed E-state index contributed by atoms with van der Waals surface area (Å²) in [6.45, 7) is 10.4. The summed E-state index contributed by atoms with van der Waals surface area (Å²) in [5, 5.41) is 19.5. The molecule has 2 aromatic heterocycles. The number of rotatable bonds is 8. The average molecular weight is 523 g/mol. The van der Waals surface area contributed by atoms with Gasteiger partial charge in [0.05, 0.1) is 17.8 Å². The third-order valence-corrected chi connectivity index (χ3v) is 6.92. The Balaban J connectivity index is 1.69. The van der Waals surface area contributed by atoms with E-state index in [0.717, 1.165) is 39.5 Å². The summed E-state index contributed by atoms with van der Waals surface area (Å²) in [6.07, 6.45) is -0.398. The van der Waals surface area contributed by atoms with Crippen LogP contribution in [0.3, 0.4) is 0 Å². The number of fused-ring (bicyclic) bond motifs is 1. The molecule has 0 saturated heterocycles. The van der Waals surface area contributed by atoms with Crippen molar-refractivity contribution >= 4 is 10.9 Å². The lowest BCUT2D eigenvalue weighted by molar-refractivity contribution is 0.0575. The third-order valence-electron chi connectivity index (χ3n) is 6.92. The van der Waals surface area contributed by atoms with Crippen LogP contribution in [-0.4, -0.2) is 33.5 Å². The summed E-state index contributed by atoms with van der Waals surface area (Å²) in [5.74, 6) is -2.14. The van der Waals surface area contributed by atoms with E-state index in [4.69, 9.17) is 4.74 Å². The molecule has 0 saturated carbocycles. The maximum Gasteiger partial charge on any atom is 0.201 e. The second-order valence-electron chi connectivity index (χ2n) is 10.9. The van der Waals surface area contributed by atoms with Crippen LogP contribution in [0.25, 0.3) is 22.0 Å². The van der Waals surface area contributed by atoms with Crippen molar-refractivity contribution in [3.63, 3.8) is 0 Å². The van der Waals surface area contributed by atoms with Crippen LogP contribution in [-0.2, 0) is 20.0 Å². The molecule has 2 aromatic carbocycles. The highest BCUT2D eigenvalue weighted by atomic mass is 19.2. The van der Waals surface area contributed by atoms with Gasteiger partial charge in [-0.2, -0.15) is 9.49 Å². The number of aliphatic hydroxyl groups excluding tert-OH is 1. The summed E-state index contributed by atoms with van der Waals surface area (Å²) >= 11 is 0. The van der Waals surface area contributed by atoms with Crippen LogP contribution in [0.15, 0.2) is 36.4 Å². The first-order valence-corrected chi connectivity index (χ1v) is 12.8. The van der Waals surface area contributed by atoms with Crippen LogP contribution in [0.4, 0.5) is 8.78 Å². The number of pyridine rings is 1. The predicted octanol–water partition coefficient (Wildman–Crippen LogP) is 5.95. The molecule has 0 spiro atoms. The van der Waals surface area contributed by atoms with Gasteiger partial charge in [-0.05, 0) is 67.8 Å². The molecule has 2 N–H and O–H groups in total. The van der Waals surface area contributed by atoms with Gasteiger partial charge < -0.3 is 15.2 Å². The zero-order valence-corrected chi connectivity index (χ0v) is 23.1. The molecule has 4 rings (SSSR count). The second kappa shape index (κ2) is 10.8. The van der Waals surface area contributed by atoms with Gasteiger partial charge in [-0.25, -0.2) is 4.39 Å². The number of hydrogen-bond acceptors (Lipinski definition) is 5. The van der Waals surface area contributed by atoms with Crippen LogP contribution in [0.5, 0.6) is 5.75 Å². The van der Waals surface area contributed by atoms with E-state index in [-0.39, 0.29) is 12.4 Å². The van der Waals surface area contributed by atoms with E-state index in [1.54, 1.807) is 10.7 Å². The third kappa shape index (κ3) is 5.42. The minimum Gasteiger partial charge on any atom is -0.489 e. The fourth-order valence-corrected chi connectivity index (χ4v) is 4.72. The van der Waals surface area contributed by atoms with Gasteiger partial charge in [-0.15, -0.1) is 0 Å². The Kier molecular flexibility index (Phi) is 7.85. The van der Waals surface area contributed by atoms with Crippen molar-refractivity contribution in [3.8, 4) is 16.9 Å². The molecule has 202 valence electrons. The van der Waals surface area contributed by atoms with Crippen LogP contribution < -0.4 is 10.1 Å². The number of halogens is 2. The highest BCUT2D eigenvalue weighted by molar-refractivity contribution is 5.88. The predicted molar refractivity (Wildman–Crippen MR) is 146 cm³/mol. The largest absolute Gasteiger partial charge is 0.489 e. The minimum atomic E-state index is -1.03. The van der Waals surface area contributed by atoms with Crippen LogP contribution in [0.2, 0.25) is 0 Å². The minimum absolute atomic E-state index is 0.0864. The Hall–Kier alpha value is -3.36. The molecule has 0 aliphatic carbocycles. The SMILES string of the molecule is CNCc1cc(C)nc2ccc(-c3ccc(F)c(F)c3OCCc3c(C(O)C(C)(C)C)nn(C)c3C)cc12. The van der Waals surface area contributed by atoms with Crippen LogP contribution >= 0.6 is 0 Å². The van der Waals surface area contributed by atoms with Crippen molar-refractivity contribution in [2.75, 3.05) is 13.7 Å². The zero-order chi connectivity index (χ0) is 27.8. The number of nitrogens with one attached hydrogen (secondary N) is 1. The van der Waals surface area contributed by atoms with E-state index < -0.39 is 23.2 Å². The molecule has 0 amide bonds. The molecule has 0 bridgehead atoms. The van der Waals surface area contributed by atoms with Gasteiger partial charge in [-0.1, -0.05) is 26.8 Å². The normalized spacial score (nSPS) is 12.8. The van der Waals surface area contributed by atoms with Crippen LogP contribution in [0.1, 0.15) is 55.1 Å². The van der Waals surface area contributed by atoms with Crippen molar-refractivity contribution in [1.29, 1.82) is 0 Å². The fourth-order valence-electron chi connectivity index (χ4n) is 4.72. The maximum absolute atomic E-state index is 15.1. The standard InChI is InChI=1S/C30H36F2N4O2/c1-17-14-20(16-33-6)23-15-19(8-11-25(23)34-17)22-9-10-24(31)26(32)28(22)38-13-12-21-18(2)36(7)35-27(21)29(37)30(3,4)5/h8-11,14-15,29,33,37H,12-13,16H2,1-7H3. The smallest absolute Gasteiger partial charge is 0.201 e. The highest BCUT2D eigenvalue weighted by Crippen LogP contribution is 2.37. The number of benzene rings is 2. The number of aliphatic hydroxyl groups is 1. The molecule has 0 radical (unpaired) electrons. The number of nitrogens with zero attached hydrogens (tertiary/aromatic N) is 3. The first-order chi connectivity index (χ1) is 17.9. The molecule has 6 nitrogen and oxygen atoms in total. The molecule has 0 aliphatic heterocycles. The molecular weight excluding hydrogens is 486 g/mol. The van der Waals surface area contributed by atoms with E-state index >= 15 is 4.39 Å². The molecule has 8 heteroatoms. The molecule has 2 heterocycles. The Labute approximate surface area is 222 Å². The van der Waals surface area contributed by atoms with Crippen molar-refractivity contribution in [3.05, 3.63) is 76.2 Å². The molecular formula is C30H36F2N4O2. The Bertz CT molecular complexity index is 1470. The van der Waals surface area contributed by atoms with Gasteiger partial charge in [0.25, 0.3) is 0 Å². The summed E-state index contributed by atoms with van der Waals surface area (Å²) < 4.78 is 37.1. The van der Waals surface area contributed by atoms with Gasteiger partial charge in [0.1, 0.15) is 6.10 Å². The second-order valence-corrected chi connectivity index (χ2v) is 10.9. The van der Waals surface area contributed by atoms with Gasteiger partial charge in [0.2, 0.25) is 5.82 Å². The summed E-state index contributed by atoms with van der Waals surface area (Å²) in [7, 11) is 3.70. The number of aryl methyl sites for hydroxylation is 2. The van der Waals surface area contributed by atoms with E-state index in [1.165, 1.54) is 0 Å². The Morgan fingerprint density at radius 3 is 2.53 bits per heavy atom. The number of hydrogen-bond donors (Lipinski definition) is 2. The first kappa shape index (κ1) is 27.7. The molecule has 0 fully saturated rings. The van der Waals surface area contributed by atoms with Gasteiger partial charge in [0.15, 0.2) is 11.6 Å². The van der Waals surface area contributed by atoms with Crippen molar-refractivity contribution in [2.45, 2.75) is 53.7 Å². The van der Waals surface area contributed by atoms with Gasteiger partial charge >= 0.3 is 0 Å². The molecule has 0 aliphatic rings. The quantitative estimate of drug-likeness (QED) is 0.299. The lowest BCUT2D eigenvalue weighted by Gasteiger charge is -2.25. The fraction of sp³-hybridized carbons (Fsp3) is 0.400. The first-order valence-electron chi connectivity index (χ1n) is 12.8. The topological polar surface area (TPSA) is 72.2 Å². The lowest BCUT2D eigenvalue weighted by atomic mass is 9.85. The van der Waals surface area contributed by atoms with E-state index in [2.05, 4.69) is 15.4 Å². The number of aromatic nitrogens is 3. The average Bonchev–Trinajstić information content (AvgIpc) is 3.14.